The summed E-state index contributed by atoms with van der Waals surface area (Å²) in [5, 5.41) is 13.4. The fourth-order valence-corrected chi connectivity index (χ4v) is 2.08. The zero-order chi connectivity index (χ0) is 13.1. The smallest absolute Gasteiger partial charge is 0.231 e. The van der Waals surface area contributed by atoms with E-state index in [2.05, 4.69) is 36.6 Å². The van der Waals surface area contributed by atoms with E-state index < -0.39 is 0 Å². The van der Waals surface area contributed by atoms with Gasteiger partial charge in [0.2, 0.25) is 5.91 Å². The van der Waals surface area contributed by atoms with Crippen LogP contribution in [0, 0.1) is 6.92 Å². The van der Waals surface area contributed by atoms with E-state index in [0.29, 0.717) is 17.3 Å². The van der Waals surface area contributed by atoms with Gasteiger partial charge >= 0.3 is 0 Å². The second kappa shape index (κ2) is 5.34. The number of anilines is 1. The molecule has 0 atom stereocenters. The molecule has 0 aliphatic rings. The zero-order valence-electron chi connectivity index (χ0n) is 10.1. The minimum Gasteiger partial charge on any atom is -0.361 e. The predicted molar refractivity (Wildman–Crippen MR) is 69.2 cm³/mol. The lowest BCUT2D eigenvalue weighted by atomic mass is 10.3. The standard InChI is InChI=1S/C11H13BrN4O2/c1-3-8-10(12)11(15-14-8)13-9(17)5-7-4-6(2)18-16-7/h4H,3,5H2,1-2H3,(H2,13,14,15,17). The van der Waals surface area contributed by atoms with Crippen molar-refractivity contribution >= 4 is 27.7 Å². The topological polar surface area (TPSA) is 83.8 Å². The molecule has 0 bridgehead atoms. The average Bonchev–Trinajstić information content (AvgIpc) is 2.87. The number of aryl methyl sites for hydroxylation is 2. The number of nitrogens with zero attached hydrogens (tertiary/aromatic N) is 2. The molecule has 0 unspecified atom stereocenters. The van der Waals surface area contributed by atoms with Crippen LogP contribution in [0.25, 0.3) is 0 Å². The van der Waals surface area contributed by atoms with E-state index in [4.69, 9.17) is 4.52 Å². The highest BCUT2D eigenvalue weighted by atomic mass is 79.9. The summed E-state index contributed by atoms with van der Waals surface area (Å²) in [6.45, 7) is 3.79. The Morgan fingerprint density at radius 1 is 1.61 bits per heavy atom. The molecule has 0 radical (unpaired) electrons. The van der Waals surface area contributed by atoms with Crippen molar-refractivity contribution in [3.05, 3.63) is 27.7 Å². The molecule has 2 N–H and O–H groups in total. The largest absolute Gasteiger partial charge is 0.361 e. The summed E-state index contributed by atoms with van der Waals surface area (Å²) in [4.78, 5) is 11.8. The highest BCUT2D eigenvalue weighted by Crippen LogP contribution is 2.23. The molecule has 7 heteroatoms. The molecule has 0 fully saturated rings. The Morgan fingerprint density at radius 3 is 2.94 bits per heavy atom. The first-order valence-electron chi connectivity index (χ1n) is 5.55. The lowest BCUT2D eigenvalue weighted by molar-refractivity contribution is -0.115. The number of nitrogens with one attached hydrogen (secondary N) is 2. The van der Waals surface area contributed by atoms with Crippen LogP contribution in [-0.4, -0.2) is 21.3 Å². The molecular weight excluding hydrogens is 300 g/mol. The number of halogens is 1. The van der Waals surface area contributed by atoms with Gasteiger partial charge in [0, 0.05) is 6.07 Å². The molecule has 0 saturated carbocycles. The van der Waals surface area contributed by atoms with Crippen LogP contribution in [0.15, 0.2) is 15.1 Å². The first-order chi connectivity index (χ1) is 8.60. The third kappa shape index (κ3) is 2.79. The lowest BCUT2D eigenvalue weighted by Crippen LogP contribution is -2.15. The Labute approximate surface area is 112 Å². The molecule has 2 rings (SSSR count). The molecule has 0 saturated heterocycles. The molecule has 0 aliphatic carbocycles. The lowest BCUT2D eigenvalue weighted by Gasteiger charge is -2.00. The van der Waals surface area contributed by atoms with Crippen molar-refractivity contribution in [2.45, 2.75) is 26.7 Å². The summed E-state index contributed by atoms with van der Waals surface area (Å²) >= 11 is 3.39. The molecule has 18 heavy (non-hydrogen) atoms. The second-order valence-corrected chi connectivity index (χ2v) is 4.67. The van der Waals surface area contributed by atoms with Crippen LogP contribution in [0.5, 0.6) is 0 Å². The van der Waals surface area contributed by atoms with E-state index in [1.165, 1.54) is 0 Å². The SMILES string of the molecule is CCc1[nH]nc(NC(=O)Cc2cc(C)on2)c1Br. The molecule has 1 amide bonds. The highest BCUT2D eigenvalue weighted by Gasteiger charge is 2.13. The molecule has 2 aromatic heterocycles. The van der Waals surface area contributed by atoms with Gasteiger partial charge in [0.15, 0.2) is 5.82 Å². The Kier molecular flexibility index (Phi) is 3.81. The average molecular weight is 313 g/mol. The van der Waals surface area contributed by atoms with E-state index in [0.717, 1.165) is 16.6 Å². The number of amides is 1. The van der Waals surface area contributed by atoms with Gasteiger partial charge in [-0.25, -0.2) is 0 Å². The summed E-state index contributed by atoms with van der Waals surface area (Å²) in [5.74, 6) is 1.00. The fourth-order valence-electron chi connectivity index (χ4n) is 1.52. The van der Waals surface area contributed by atoms with E-state index in [1.807, 2.05) is 6.92 Å². The quantitative estimate of drug-likeness (QED) is 0.906. The van der Waals surface area contributed by atoms with Gasteiger partial charge in [0.05, 0.1) is 22.3 Å². The number of aromatic amines is 1. The maximum absolute atomic E-state index is 11.8. The number of carbonyl (C=O) groups is 1. The van der Waals surface area contributed by atoms with Crippen LogP contribution < -0.4 is 5.32 Å². The number of rotatable bonds is 4. The number of H-pyrrole nitrogens is 1. The summed E-state index contributed by atoms with van der Waals surface area (Å²) < 4.78 is 5.69. The molecule has 0 aliphatic heterocycles. The van der Waals surface area contributed by atoms with Gasteiger partial charge in [0.1, 0.15) is 5.76 Å². The van der Waals surface area contributed by atoms with Gasteiger partial charge in [-0.1, -0.05) is 12.1 Å². The first-order valence-corrected chi connectivity index (χ1v) is 6.34. The van der Waals surface area contributed by atoms with Crippen molar-refractivity contribution in [1.82, 2.24) is 15.4 Å². The van der Waals surface area contributed by atoms with Gasteiger partial charge < -0.3 is 9.84 Å². The van der Waals surface area contributed by atoms with Crippen molar-refractivity contribution < 1.29 is 9.32 Å². The minimum absolute atomic E-state index is 0.165. The third-order valence-electron chi connectivity index (χ3n) is 2.41. The predicted octanol–water partition coefficient (Wildman–Crippen LogP) is 2.21. The summed E-state index contributed by atoms with van der Waals surface area (Å²) in [6, 6.07) is 1.73. The van der Waals surface area contributed by atoms with E-state index in [1.54, 1.807) is 13.0 Å². The van der Waals surface area contributed by atoms with E-state index in [-0.39, 0.29) is 12.3 Å². The monoisotopic (exact) mass is 312 g/mol. The molecule has 2 aromatic rings. The molecular formula is C11H13BrN4O2. The van der Waals surface area contributed by atoms with Gasteiger partial charge in [-0.15, -0.1) is 0 Å². The molecule has 2 heterocycles. The molecule has 96 valence electrons. The van der Waals surface area contributed by atoms with Crippen molar-refractivity contribution in [2.24, 2.45) is 0 Å². The molecule has 0 spiro atoms. The Bertz CT molecular complexity index is 561. The number of aromatic nitrogens is 3. The number of hydrogen-bond donors (Lipinski definition) is 2. The van der Waals surface area contributed by atoms with Crippen LogP contribution in [0.2, 0.25) is 0 Å². The Morgan fingerprint density at radius 2 is 2.39 bits per heavy atom. The highest BCUT2D eigenvalue weighted by molar-refractivity contribution is 9.10. The maximum atomic E-state index is 11.8. The van der Waals surface area contributed by atoms with Crippen LogP contribution >= 0.6 is 15.9 Å². The molecule has 6 nitrogen and oxygen atoms in total. The van der Waals surface area contributed by atoms with Crippen molar-refractivity contribution in [1.29, 1.82) is 0 Å². The Hall–Kier alpha value is -1.63. The van der Waals surface area contributed by atoms with Gasteiger partial charge in [0.25, 0.3) is 0 Å². The van der Waals surface area contributed by atoms with E-state index >= 15 is 0 Å². The summed E-state index contributed by atoms with van der Waals surface area (Å²) in [6.07, 6.45) is 0.976. The number of hydrogen-bond acceptors (Lipinski definition) is 4. The summed E-state index contributed by atoms with van der Waals surface area (Å²) in [5.41, 5.74) is 1.55. The van der Waals surface area contributed by atoms with Crippen LogP contribution in [0.3, 0.4) is 0 Å². The molecule has 0 aromatic carbocycles. The van der Waals surface area contributed by atoms with E-state index in [9.17, 15) is 4.79 Å². The van der Waals surface area contributed by atoms with Crippen molar-refractivity contribution in [3.8, 4) is 0 Å². The first kappa shape index (κ1) is 12.8. The van der Waals surface area contributed by atoms with Crippen molar-refractivity contribution in [3.63, 3.8) is 0 Å². The Balaban J connectivity index is 2.00. The second-order valence-electron chi connectivity index (χ2n) is 3.87. The normalized spacial score (nSPS) is 10.6. The van der Waals surface area contributed by atoms with Crippen LogP contribution in [0.4, 0.5) is 5.82 Å². The van der Waals surface area contributed by atoms with Crippen LogP contribution in [0.1, 0.15) is 24.1 Å². The third-order valence-corrected chi connectivity index (χ3v) is 3.26. The minimum atomic E-state index is -0.182. The van der Waals surface area contributed by atoms with Gasteiger partial charge in [-0.2, -0.15) is 5.10 Å². The van der Waals surface area contributed by atoms with Crippen LogP contribution in [-0.2, 0) is 17.6 Å². The fraction of sp³-hybridized carbons (Fsp3) is 0.364. The number of carbonyl (C=O) groups excluding carboxylic acids is 1. The summed E-state index contributed by atoms with van der Waals surface area (Å²) in [7, 11) is 0. The maximum Gasteiger partial charge on any atom is 0.231 e. The zero-order valence-corrected chi connectivity index (χ0v) is 11.7. The van der Waals surface area contributed by atoms with Crippen molar-refractivity contribution in [2.75, 3.05) is 5.32 Å². The van der Waals surface area contributed by atoms with Gasteiger partial charge in [-0.05, 0) is 29.3 Å². The van der Waals surface area contributed by atoms with Gasteiger partial charge in [-0.3, -0.25) is 9.89 Å².